The van der Waals surface area contributed by atoms with E-state index in [0.717, 1.165) is 41.5 Å². The van der Waals surface area contributed by atoms with Crippen LogP contribution in [0.3, 0.4) is 0 Å². The zero-order valence-electron chi connectivity index (χ0n) is 18.9. The van der Waals surface area contributed by atoms with E-state index in [1.807, 2.05) is 44.2 Å². The first kappa shape index (κ1) is 21.9. The quantitative estimate of drug-likeness (QED) is 0.603. The predicted octanol–water partition coefficient (Wildman–Crippen LogP) is 4.74. The van der Waals surface area contributed by atoms with Crippen LogP contribution in [0.4, 0.5) is 11.4 Å². The lowest BCUT2D eigenvalue weighted by Crippen LogP contribution is -2.45. The minimum absolute atomic E-state index is 0.186. The van der Waals surface area contributed by atoms with Crippen LogP contribution in [0.15, 0.2) is 53.1 Å². The van der Waals surface area contributed by atoms with Crippen molar-refractivity contribution in [3.8, 4) is 5.75 Å². The van der Waals surface area contributed by atoms with E-state index in [-0.39, 0.29) is 18.1 Å². The third-order valence-corrected chi connectivity index (χ3v) is 5.57. The molecule has 168 valence electrons. The van der Waals surface area contributed by atoms with Gasteiger partial charge in [0, 0.05) is 30.0 Å². The lowest BCUT2D eigenvalue weighted by molar-refractivity contribution is -0.00521. The van der Waals surface area contributed by atoms with Crippen molar-refractivity contribution in [2.75, 3.05) is 23.3 Å². The maximum atomic E-state index is 12.8. The van der Waals surface area contributed by atoms with Crippen molar-refractivity contribution in [1.29, 1.82) is 0 Å². The second-order valence-corrected chi connectivity index (χ2v) is 8.28. The van der Waals surface area contributed by atoms with Gasteiger partial charge >= 0.3 is 0 Å². The van der Waals surface area contributed by atoms with Gasteiger partial charge < -0.3 is 24.2 Å². The molecule has 0 saturated carbocycles. The zero-order chi connectivity index (χ0) is 22.7. The molecule has 0 aliphatic carbocycles. The van der Waals surface area contributed by atoms with Crippen molar-refractivity contribution < 1.29 is 18.8 Å². The van der Waals surface area contributed by atoms with Crippen LogP contribution in [-0.4, -0.2) is 36.4 Å². The summed E-state index contributed by atoms with van der Waals surface area (Å²) in [6.07, 6.45) is 0.399. The number of morpholine rings is 1. The van der Waals surface area contributed by atoms with Crippen LogP contribution in [0.25, 0.3) is 0 Å². The number of hydrogen-bond donors (Lipinski definition) is 1. The van der Waals surface area contributed by atoms with Gasteiger partial charge in [-0.15, -0.1) is 0 Å². The van der Waals surface area contributed by atoms with Crippen molar-refractivity contribution in [2.24, 2.45) is 0 Å². The number of benzene rings is 2. The van der Waals surface area contributed by atoms with E-state index in [4.69, 9.17) is 14.0 Å². The largest absolute Gasteiger partial charge is 0.489 e. The molecular weight excluding hydrogens is 406 g/mol. The summed E-state index contributed by atoms with van der Waals surface area (Å²) in [7, 11) is 0. The Balaban J connectivity index is 1.38. The van der Waals surface area contributed by atoms with Gasteiger partial charge in [-0.2, -0.15) is 0 Å². The molecular formula is C25H29N3O4. The molecule has 1 saturated heterocycles. The number of ether oxygens (including phenoxy) is 2. The highest BCUT2D eigenvalue weighted by Gasteiger charge is 2.22. The highest BCUT2D eigenvalue weighted by atomic mass is 16.5. The smallest absolute Gasteiger partial charge is 0.255 e. The predicted molar refractivity (Wildman–Crippen MR) is 123 cm³/mol. The standard InChI is InChI=1S/C25H29N3O4/c1-16-13-28(14-17(2)31-16)22-10-8-21(9-11-22)26-25(29)20-6-5-7-23(12-20)30-15-24-18(3)27-32-19(24)4/h5-12,16-17H,13-15H2,1-4H3,(H,26,29). The van der Waals surface area contributed by atoms with E-state index in [0.29, 0.717) is 17.9 Å². The van der Waals surface area contributed by atoms with Crippen LogP contribution in [0.2, 0.25) is 0 Å². The molecule has 0 radical (unpaired) electrons. The van der Waals surface area contributed by atoms with Gasteiger partial charge in [0.05, 0.1) is 23.5 Å². The SMILES string of the molecule is Cc1noc(C)c1COc1cccc(C(=O)Nc2ccc(N3CC(C)OC(C)C3)cc2)c1. The Morgan fingerprint density at radius 1 is 1.12 bits per heavy atom. The Hall–Kier alpha value is -3.32. The number of carbonyl (C=O) groups excluding carboxylic acids is 1. The van der Waals surface area contributed by atoms with Gasteiger partial charge in [0.15, 0.2) is 0 Å². The van der Waals surface area contributed by atoms with Crippen LogP contribution >= 0.6 is 0 Å². The Bertz CT molecular complexity index is 1050. The second kappa shape index (κ2) is 9.44. The maximum absolute atomic E-state index is 12.8. The molecule has 1 N–H and O–H groups in total. The van der Waals surface area contributed by atoms with Crippen molar-refractivity contribution in [1.82, 2.24) is 5.16 Å². The van der Waals surface area contributed by atoms with E-state index in [9.17, 15) is 4.79 Å². The Kier molecular flexibility index (Phi) is 6.46. The molecule has 32 heavy (non-hydrogen) atoms. The highest BCUT2D eigenvalue weighted by Crippen LogP contribution is 2.23. The number of aromatic nitrogens is 1. The van der Waals surface area contributed by atoms with Gasteiger partial charge in [0.2, 0.25) is 0 Å². The van der Waals surface area contributed by atoms with Gasteiger partial charge in [-0.3, -0.25) is 4.79 Å². The maximum Gasteiger partial charge on any atom is 0.255 e. The number of anilines is 2. The number of amides is 1. The van der Waals surface area contributed by atoms with Crippen LogP contribution < -0.4 is 15.0 Å². The van der Waals surface area contributed by atoms with E-state index >= 15 is 0 Å². The molecule has 1 fully saturated rings. The Labute approximate surface area is 188 Å². The minimum Gasteiger partial charge on any atom is -0.489 e. The summed E-state index contributed by atoms with van der Waals surface area (Å²) in [4.78, 5) is 15.1. The molecule has 7 nitrogen and oxygen atoms in total. The van der Waals surface area contributed by atoms with Crippen LogP contribution in [0, 0.1) is 13.8 Å². The van der Waals surface area contributed by atoms with Crippen LogP contribution in [-0.2, 0) is 11.3 Å². The summed E-state index contributed by atoms with van der Waals surface area (Å²) >= 11 is 0. The fourth-order valence-corrected chi connectivity index (χ4v) is 3.94. The molecule has 2 unspecified atom stereocenters. The van der Waals surface area contributed by atoms with Gasteiger partial charge in [-0.05, 0) is 70.2 Å². The number of carbonyl (C=O) groups is 1. The fraction of sp³-hybridized carbons (Fsp3) is 0.360. The molecule has 3 aromatic rings. The van der Waals surface area contributed by atoms with Gasteiger partial charge in [-0.25, -0.2) is 0 Å². The monoisotopic (exact) mass is 435 g/mol. The lowest BCUT2D eigenvalue weighted by atomic mass is 10.1. The first-order chi connectivity index (χ1) is 15.4. The van der Waals surface area contributed by atoms with E-state index in [2.05, 4.69) is 29.2 Å². The summed E-state index contributed by atoms with van der Waals surface area (Å²) in [5.74, 6) is 1.17. The first-order valence-corrected chi connectivity index (χ1v) is 10.9. The number of nitrogens with zero attached hydrogens (tertiary/aromatic N) is 2. The average molecular weight is 436 g/mol. The summed E-state index contributed by atoms with van der Waals surface area (Å²) < 4.78 is 16.8. The number of hydrogen-bond acceptors (Lipinski definition) is 6. The van der Waals surface area contributed by atoms with Crippen molar-refractivity contribution >= 4 is 17.3 Å². The van der Waals surface area contributed by atoms with Gasteiger partial charge in [-0.1, -0.05) is 11.2 Å². The molecule has 1 amide bonds. The van der Waals surface area contributed by atoms with Crippen molar-refractivity contribution in [3.05, 3.63) is 71.1 Å². The number of nitrogens with one attached hydrogen (secondary N) is 1. The van der Waals surface area contributed by atoms with E-state index in [1.165, 1.54) is 0 Å². The third kappa shape index (κ3) is 5.11. The van der Waals surface area contributed by atoms with E-state index < -0.39 is 0 Å². The molecule has 4 rings (SSSR count). The third-order valence-electron chi connectivity index (χ3n) is 5.57. The van der Waals surface area contributed by atoms with Gasteiger partial charge in [0.25, 0.3) is 5.91 Å². The molecule has 7 heteroatoms. The molecule has 2 atom stereocenters. The zero-order valence-corrected chi connectivity index (χ0v) is 18.9. The second-order valence-electron chi connectivity index (χ2n) is 8.28. The molecule has 0 bridgehead atoms. The highest BCUT2D eigenvalue weighted by molar-refractivity contribution is 6.04. The first-order valence-electron chi connectivity index (χ1n) is 10.9. The Morgan fingerprint density at radius 3 is 2.50 bits per heavy atom. The number of rotatable bonds is 6. The fourth-order valence-electron chi connectivity index (χ4n) is 3.94. The molecule has 2 aromatic carbocycles. The van der Waals surface area contributed by atoms with Crippen molar-refractivity contribution in [3.63, 3.8) is 0 Å². The van der Waals surface area contributed by atoms with Gasteiger partial charge in [0.1, 0.15) is 18.1 Å². The lowest BCUT2D eigenvalue weighted by Gasteiger charge is -2.36. The molecule has 1 aliphatic rings. The average Bonchev–Trinajstić information content (AvgIpc) is 3.09. The molecule has 1 aromatic heterocycles. The topological polar surface area (TPSA) is 76.8 Å². The molecule has 2 heterocycles. The van der Waals surface area contributed by atoms with Crippen molar-refractivity contribution in [2.45, 2.75) is 46.5 Å². The summed E-state index contributed by atoms with van der Waals surface area (Å²) in [6.45, 7) is 9.96. The van der Waals surface area contributed by atoms with Crippen LogP contribution in [0.1, 0.15) is 41.2 Å². The summed E-state index contributed by atoms with van der Waals surface area (Å²) in [6, 6.07) is 15.1. The summed E-state index contributed by atoms with van der Waals surface area (Å²) in [5, 5.41) is 6.89. The normalized spacial score (nSPS) is 18.4. The number of aryl methyl sites for hydroxylation is 2. The van der Waals surface area contributed by atoms with Crippen LogP contribution in [0.5, 0.6) is 5.75 Å². The minimum atomic E-state index is -0.186. The Morgan fingerprint density at radius 2 is 1.84 bits per heavy atom. The van der Waals surface area contributed by atoms with E-state index in [1.54, 1.807) is 18.2 Å². The molecule has 1 aliphatic heterocycles. The summed E-state index contributed by atoms with van der Waals surface area (Å²) in [5.41, 5.74) is 4.13. The molecule has 0 spiro atoms.